The number of anilines is 2. The first-order valence-corrected chi connectivity index (χ1v) is 6.86. The molecule has 20 heavy (non-hydrogen) atoms. The van der Waals surface area contributed by atoms with Gasteiger partial charge in [0.25, 0.3) is 5.91 Å². The quantitative estimate of drug-likeness (QED) is 0.902. The number of aliphatic hydroxyl groups excluding tert-OH is 1. The van der Waals surface area contributed by atoms with E-state index < -0.39 is 6.10 Å². The van der Waals surface area contributed by atoms with Gasteiger partial charge < -0.3 is 14.9 Å². The minimum atomic E-state index is -1.04. The number of carbonyl (C=O) groups is 1. The third-order valence-corrected chi connectivity index (χ3v) is 4.02. The van der Waals surface area contributed by atoms with E-state index in [1.807, 2.05) is 18.2 Å². The molecule has 1 amide bonds. The van der Waals surface area contributed by atoms with Gasteiger partial charge in [-0.05, 0) is 25.0 Å². The normalized spacial score (nSPS) is 20.8. The SMILES string of the molecule is CN1C(=O)C(O)c2ccc(N(CCC#N)C3CC3)cc21. The fraction of sp³-hybridized carbons (Fsp3) is 0.467. The molecule has 1 heterocycles. The predicted octanol–water partition coefficient (Wildman–Crippen LogP) is 1.58. The lowest BCUT2D eigenvalue weighted by Gasteiger charge is -2.24. The molecule has 2 aliphatic rings. The number of carbonyl (C=O) groups excluding carboxylic acids is 1. The van der Waals surface area contributed by atoms with Crippen molar-refractivity contribution in [3.63, 3.8) is 0 Å². The maximum Gasteiger partial charge on any atom is 0.260 e. The van der Waals surface area contributed by atoms with Gasteiger partial charge in [-0.15, -0.1) is 0 Å². The number of nitrogens with zero attached hydrogens (tertiary/aromatic N) is 3. The number of amides is 1. The lowest BCUT2D eigenvalue weighted by Crippen LogP contribution is -2.27. The lowest BCUT2D eigenvalue weighted by atomic mass is 10.1. The van der Waals surface area contributed by atoms with Gasteiger partial charge in [0, 0.05) is 30.9 Å². The Balaban J connectivity index is 1.92. The lowest BCUT2D eigenvalue weighted by molar-refractivity contribution is -0.125. The van der Waals surface area contributed by atoms with Gasteiger partial charge in [-0.25, -0.2) is 0 Å². The molecule has 0 aromatic heterocycles. The maximum absolute atomic E-state index is 11.8. The van der Waals surface area contributed by atoms with Gasteiger partial charge >= 0.3 is 0 Å². The van der Waals surface area contributed by atoms with Crippen molar-refractivity contribution in [2.45, 2.75) is 31.4 Å². The number of hydrogen-bond acceptors (Lipinski definition) is 4. The van der Waals surface area contributed by atoms with Crippen LogP contribution in [0, 0.1) is 11.3 Å². The average molecular weight is 271 g/mol. The monoisotopic (exact) mass is 271 g/mol. The molecule has 3 rings (SSSR count). The van der Waals surface area contributed by atoms with Crippen LogP contribution in [-0.2, 0) is 4.79 Å². The third kappa shape index (κ3) is 2.02. The Bertz CT molecular complexity index is 589. The summed E-state index contributed by atoms with van der Waals surface area (Å²) in [6, 6.07) is 8.38. The standard InChI is InChI=1S/C15H17N3O2/c1-17-13-9-11(5-6-12(13)14(19)15(17)20)18(8-2-7-16)10-3-4-10/h5-6,9-10,14,19H,2-4,8H2,1H3. The van der Waals surface area contributed by atoms with Gasteiger partial charge in [0.1, 0.15) is 0 Å². The van der Waals surface area contributed by atoms with Crippen LogP contribution in [-0.4, -0.2) is 30.6 Å². The molecule has 1 atom stereocenters. The van der Waals surface area contributed by atoms with E-state index in [1.165, 1.54) is 4.90 Å². The zero-order valence-corrected chi connectivity index (χ0v) is 11.4. The molecular weight excluding hydrogens is 254 g/mol. The number of aliphatic hydroxyl groups is 1. The topological polar surface area (TPSA) is 67.6 Å². The Kier molecular flexibility index (Phi) is 3.11. The van der Waals surface area contributed by atoms with Crippen LogP contribution in [0.25, 0.3) is 0 Å². The van der Waals surface area contributed by atoms with Gasteiger partial charge in [0.2, 0.25) is 0 Å². The highest BCUT2D eigenvalue weighted by atomic mass is 16.3. The number of nitriles is 1. The Hall–Kier alpha value is -2.06. The molecule has 1 saturated carbocycles. The summed E-state index contributed by atoms with van der Waals surface area (Å²) >= 11 is 0. The van der Waals surface area contributed by atoms with E-state index in [0.29, 0.717) is 24.6 Å². The van der Waals surface area contributed by atoms with Crippen LogP contribution in [0.1, 0.15) is 30.9 Å². The number of likely N-dealkylation sites (N-methyl/N-ethyl adjacent to an activating group) is 1. The average Bonchev–Trinajstić information content (AvgIpc) is 3.27. The third-order valence-electron chi connectivity index (χ3n) is 4.02. The van der Waals surface area contributed by atoms with Gasteiger partial charge in [0.05, 0.1) is 18.2 Å². The van der Waals surface area contributed by atoms with Crippen molar-refractivity contribution in [1.29, 1.82) is 5.26 Å². The fourth-order valence-corrected chi connectivity index (χ4v) is 2.75. The second-order valence-corrected chi connectivity index (χ2v) is 5.38. The van der Waals surface area contributed by atoms with E-state index in [-0.39, 0.29) is 5.91 Å². The Morgan fingerprint density at radius 3 is 2.90 bits per heavy atom. The molecule has 1 N–H and O–H groups in total. The van der Waals surface area contributed by atoms with Gasteiger partial charge in [-0.3, -0.25) is 4.79 Å². The fourth-order valence-electron chi connectivity index (χ4n) is 2.75. The summed E-state index contributed by atoms with van der Waals surface area (Å²) in [5, 5.41) is 18.6. The highest BCUT2D eigenvalue weighted by Crippen LogP contribution is 2.39. The summed E-state index contributed by atoms with van der Waals surface area (Å²) in [7, 11) is 1.68. The Labute approximate surface area is 118 Å². The first-order valence-electron chi connectivity index (χ1n) is 6.86. The summed E-state index contributed by atoms with van der Waals surface area (Å²) < 4.78 is 0. The van der Waals surface area contributed by atoms with Crippen molar-refractivity contribution in [3.05, 3.63) is 23.8 Å². The molecule has 0 spiro atoms. The van der Waals surface area contributed by atoms with Gasteiger partial charge in [0.15, 0.2) is 6.10 Å². The smallest absolute Gasteiger partial charge is 0.260 e. The van der Waals surface area contributed by atoms with Crippen molar-refractivity contribution in [2.24, 2.45) is 0 Å². The summed E-state index contributed by atoms with van der Waals surface area (Å²) in [6.07, 6.45) is 1.75. The first kappa shape index (κ1) is 12.9. The highest BCUT2D eigenvalue weighted by Gasteiger charge is 2.35. The van der Waals surface area contributed by atoms with Crippen molar-refractivity contribution in [3.8, 4) is 6.07 Å². The molecule has 1 aromatic carbocycles. The number of hydrogen-bond donors (Lipinski definition) is 1. The predicted molar refractivity (Wildman–Crippen MR) is 75.4 cm³/mol. The van der Waals surface area contributed by atoms with Crippen molar-refractivity contribution >= 4 is 17.3 Å². The largest absolute Gasteiger partial charge is 0.378 e. The summed E-state index contributed by atoms with van der Waals surface area (Å²) in [4.78, 5) is 15.5. The van der Waals surface area contributed by atoms with Gasteiger partial charge in [-0.1, -0.05) is 6.07 Å². The number of fused-ring (bicyclic) bond motifs is 1. The molecule has 1 aliphatic carbocycles. The van der Waals surface area contributed by atoms with Crippen molar-refractivity contribution in [1.82, 2.24) is 0 Å². The van der Waals surface area contributed by atoms with Crippen LogP contribution in [0.3, 0.4) is 0 Å². The maximum atomic E-state index is 11.8. The van der Waals surface area contributed by atoms with Crippen LogP contribution in [0.15, 0.2) is 18.2 Å². The second-order valence-electron chi connectivity index (χ2n) is 5.38. The molecule has 0 bridgehead atoms. The molecule has 5 nitrogen and oxygen atoms in total. The summed E-state index contributed by atoms with van der Waals surface area (Å²) in [6.45, 7) is 0.708. The molecule has 0 radical (unpaired) electrons. The van der Waals surface area contributed by atoms with Gasteiger partial charge in [-0.2, -0.15) is 5.26 Å². The molecule has 0 saturated heterocycles. The van der Waals surface area contributed by atoms with E-state index >= 15 is 0 Å². The van der Waals surface area contributed by atoms with Crippen LogP contribution < -0.4 is 9.80 Å². The first-order chi connectivity index (χ1) is 9.63. The molecule has 1 fully saturated rings. The van der Waals surface area contributed by atoms with E-state index in [2.05, 4.69) is 11.0 Å². The van der Waals surface area contributed by atoms with E-state index in [1.54, 1.807) is 7.05 Å². The van der Waals surface area contributed by atoms with Crippen molar-refractivity contribution in [2.75, 3.05) is 23.4 Å². The Morgan fingerprint density at radius 2 is 2.25 bits per heavy atom. The Morgan fingerprint density at radius 1 is 1.50 bits per heavy atom. The molecular formula is C15H17N3O2. The van der Waals surface area contributed by atoms with Crippen LogP contribution >= 0.6 is 0 Å². The summed E-state index contributed by atoms with van der Waals surface area (Å²) in [5.74, 6) is -0.285. The zero-order valence-electron chi connectivity index (χ0n) is 11.4. The molecule has 1 aromatic rings. The minimum Gasteiger partial charge on any atom is -0.378 e. The molecule has 5 heteroatoms. The van der Waals surface area contributed by atoms with E-state index in [0.717, 1.165) is 24.2 Å². The van der Waals surface area contributed by atoms with Crippen LogP contribution in [0.2, 0.25) is 0 Å². The molecule has 1 unspecified atom stereocenters. The van der Waals surface area contributed by atoms with Crippen LogP contribution in [0.4, 0.5) is 11.4 Å². The van der Waals surface area contributed by atoms with Crippen molar-refractivity contribution < 1.29 is 9.90 Å². The number of benzene rings is 1. The number of rotatable bonds is 4. The molecule has 104 valence electrons. The second kappa shape index (κ2) is 4.80. The molecule has 1 aliphatic heterocycles. The van der Waals surface area contributed by atoms with E-state index in [4.69, 9.17) is 5.26 Å². The minimum absolute atomic E-state index is 0.285. The van der Waals surface area contributed by atoms with Crippen LogP contribution in [0.5, 0.6) is 0 Å². The highest BCUT2D eigenvalue weighted by molar-refractivity contribution is 6.03. The zero-order chi connectivity index (χ0) is 14.3. The van der Waals surface area contributed by atoms with E-state index in [9.17, 15) is 9.90 Å². The summed E-state index contributed by atoms with van der Waals surface area (Å²) in [5.41, 5.74) is 2.45.